The molecule has 3 heteroatoms. The van der Waals surface area contributed by atoms with Crippen molar-refractivity contribution in [2.45, 2.75) is 97.1 Å². The van der Waals surface area contributed by atoms with Crippen LogP contribution in [-0.2, 0) is 4.43 Å². The van der Waals surface area contributed by atoms with Gasteiger partial charge < -0.3 is 4.43 Å². The second-order valence-corrected chi connectivity index (χ2v) is 17.8. The average molecular weight is 351 g/mol. The maximum Gasteiger partial charge on any atom is 0.193 e. The lowest BCUT2D eigenvalue weighted by atomic mass is 10.5. The first kappa shape index (κ1) is 22.5. The highest BCUT2D eigenvalue weighted by atomic mass is 28.4. The highest BCUT2D eigenvalue weighted by molar-refractivity contribution is 6.90. The van der Waals surface area contributed by atoms with E-state index < -0.39 is 16.4 Å². The van der Waals surface area contributed by atoms with E-state index in [2.05, 4.69) is 85.6 Å². The van der Waals surface area contributed by atoms with Crippen molar-refractivity contribution in [3.05, 3.63) is 0 Å². The van der Waals surface area contributed by atoms with Gasteiger partial charge in [0.05, 0.1) is 6.61 Å². The van der Waals surface area contributed by atoms with Gasteiger partial charge in [0.1, 0.15) is 8.07 Å². The summed E-state index contributed by atoms with van der Waals surface area (Å²) < 4.78 is 6.16. The average Bonchev–Trinajstić information content (AvgIpc) is 2.50. The molecule has 0 saturated carbocycles. The highest BCUT2D eigenvalue weighted by Gasteiger charge is 2.41. The molecule has 0 radical (unpaired) electrons. The zero-order chi connectivity index (χ0) is 18.1. The molecule has 132 valence electrons. The van der Waals surface area contributed by atoms with Crippen LogP contribution in [0.15, 0.2) is 0 Å². The minimum absolute atomic E-state index is 0.552. The first-order valence-electron chi connectivity index (χ1n) is 9.36. The van der Waals surface area contributed by atoms with Crippen LogP contribution in [0.5, 0.6) is 0 Å². The van der Waals surface area contributed by atoms with Crippen molar-refractivity contribution in [3.8, 4) is 23.3 Å². The van der Waals surface area contributed by atoms with Crippen LogP contribution >= 0.6 is 0 Å². The van der Waals surface area contributed by atoms with Crippen LogP contribution in [0, 0.1) is 23.3 Å². The summed E-state index contributed by atoms with van der Waals surface area (Å²) in [6.07, 6.45) is 0. The van der Waals surface area contributed by atoms with Crippen LogP contribution in [0.2, 0.25) is 34.8 Å². The third-order valence-corrected chi connectivity index (χ3v) is 16.6. The second-order valence-electron chi connectivity index (χ2n) is 7.48. The molecular weight excluding hydrogens is 312 g/mol. The largest absolute Gasteiger partial charge is 0.406 e. The summed E-state index contributed by atoms with van der Waals surface area (Å²) in [5.41, 5.74) is 5.62. The van der Waals surface area contributed by atoms with Crippen molar-refractivity contribution in [1.82, 2.24) is 0 Å². The first-order valence-corrected chi connectivity index (χ1v) is 14.1. The Hall–Kier alpha value is -0.486. The van der Waals surface area contributed by atoms with Gasteiger partial charge in [-0.05, 0) is 46.6 Å². The van der Waals surface area contributed by atoms with E-state index in [1.165, 1.54) is 18.1 Å². The Morgan fingerprint density at radius 2 is 1.17 bits per heavy atom. The third-order valence-electron chi connectivity index (χ3n) is 5.68. The van der Waals surface area contributed by atoms with Crippen LogP contribution in [-0.4, -0.2) is 23.0 Å². The van der Waals surface area contributed by atoms with E-state index in [1.807, 2.05) is 0 Å². The van der Waals surface area contributed by atoms with Gasteiger partial charge in [-0.15, -0.1) is 5.54 Å². The van der Waals surface area contributed by atoms with Crippen LogP contribution in [0.4, 0.5) is 0 Å². The van der Waals surface area contributed by atoms with Crippen molar-refractivity contribution in [2.75, 3.05) is 6.61 Å². The Morgan fingerprint density at radius 3 is 1.52 bits per heavy atom. The molecule has 0 aliphatic rings. The second kappa shape index (κ2) is 10.4. The summed E-state index contributed by atoms with van der Waals surface area (Å²) in [5.74, 6) is 9.41. The van der Waals surface area contributed by atoms with Crippen LogP contribution in [0.3, 0.4) is 0 Å². The van der Waals surface area contributed by atoms with E-state index in [4.69, 9.17) is 4.43 Å². The van der Waals surface area contributed by atoms with Gasteiger partial charge in [-0.1, -0.05) is 68.2 Å². The first-order chi connectivity index (χ1) is 10.7. The molecule has 0 rings (SSSR count). The highest BCUT2D eigenvalue weighted by Crippen LogP contribution is 2.40. The predicted molar refractivity (Wildman–Crippen MR) is 110 cm³/mol. The number of hydrogen-bond acceptors (Lipinski definition) is 1. The Kier molecular flexibility index (Phi) is 10.2. The minimum Gasteiger partial charge on any atom is -0.406 e. The quantitative estimate of drug-likeness (QED) is 0.372. The van der Waals surface area contributed by atoms with Gasteiger partial charge in [-0.25, -0.2) is 0 Å². The molecule has 0 unspecified atom stereocenters. The molecule has 0 N–H and O–H groups in total. The molecule has 0 amide bonds. The Morgan fingerprint density at radius 1 is 0.739 bits per heavy atom. The molecule has 0 saturated heterocycles. The summed E-state index contributed by atoms with van der Waals surface area (Å²) in [6.45, 7) is 21.3. The van der Waals surface area contributed by atoms with Gasteiger partial charge in [0, 0.05) is 0 Å². The predicted octanol–water partition coefficient (Wildman–Crippen LogP) is 6.23. The lowest BCUT2D eigenvalue weighted by Gasteiger charge is -2.37. The molecular formula is C20H38OSi2. The summed E-state index contributed by atoms with van der Waals surface area (Å²) in [6, 6.07) is 3.53. The van der Waals surface area contributed by atoms with Crippen LogP contribution in [0.1, 0.15) is 62.3 Å². The topological polar surface area (TPSA) is 9.23 Å². The van der Waals surface area contributed by atoms with E-state index in [0.29, 0.717) is 23.2 Å². The maximum atomic E-state index is 6.16. The van der Waals surface area contributed by atoms with Gasteiger partial charge in [0.25, 0.3) is 0 Å². The number of rotatable bonds is 8. The molecule has 0 aromatic rings. The molecule has 23 heavy (non-hydrogen) atoms. The monoisotopic (exact) mass is 350 g/mol. The smallest absolute Gasteiger partial charge is 0.193 e. The van der Waals surface area contributed by atoms with Gasteiger partial charge >= 0.3 is 0 Å². The summed E-state index contributed by atoms with van der Waals surface area (Å²) in [4.78, 5) is 0. The van der Waals surface area contributed by atoms with Gasteiger partial charge in [0.2, 0.25) is 0 Å². The Bertz CT molecular complexity index is 423. The van der Waals surface area contributed by atoms with E-state index in [9.17, 15) is 0 Å². The Balaban J connectivity index is 5.03. The van der Waals surface area contributed by atoms with Crippen molar-refractivity contribution in [1.29, 1.82) is 0 Å². The number of hydrogen-bond donors (Lipinski definition) is 0. The lowest BCUT2D eigenvalue weighted by molar-refractivity contribution is 0.350. The van der Waals surface area contributed by atoms with E-state index in [1.54, 1.807) is 0 Å². The SMILES string of the molecule is CC[Si](CC)(CC)OCC#CC#C[Si](C(C)C)(C(C)C)C(C)C. The zero-order valence-corrected chi connectivity index (χ0v) is 19.0. The van der Waals surface area contributed by atoms with Crippen molar-refractivity contribution < 1.29 is 4.43 Å². The lowest BCUT2D eigenvalue weighted by Crippen LogP contribution is -2.43. The Labute approximate surface area is 148 Å². The molecule has 0 aliphatic heterocycles. The fraction of sp³-hybridized carbons (Fsp3) is 0.800. The van der Waals surface area contributed by atoms with Gasteiger partial charge in [0.15, 0.2) is 8.32 Å². The fourth-order valence-corrected chi connectivity index (χ4v) is 11.5. The molecule has 0 spiro atoms. The van der Waals surface area contributed by atoms with E-state index in [-0.39, 0.29) is 0 Å². The fourth-order valence-electron chi connectivity index (χ4n) is 3.90. The molecule has 0 aromatic heterocycles. The van der Waals surface area contributed by atoms with Gasteiger partial charge in [-0.3, -0.25) is 0 Å². The van der Waals surface area contributed by atoms with Gasteiger partial charge in [-0.2, -0.15) is 0 Å². The molecule has 0 fully saturated rings. The van der Waals surface area contributed by atoms with Crippen molar-refractivity contribution in [2.24, 2.45) is 0 Å². The zero-order valence-electron chi connectivity index (χ0n) is 17.0. The molecule has 1 nitrogen and oxygen atoms in total. The molecule has 0 aromatic carbocycles. The molecule has 0 bridgehead atoms. The molecule has 0 atom stereocenters. The maximum absolute atomic E-state index is 6.16. The molecule has 0 aliphatic carbocycles. The standard InChI is InChI=1S/C20H38OSi2/c1-10-22(11-2,12-3)21-16-14-13-15-17-23(18(4)5,19(6)7)20(8)9/h18-20H,10-12,16H2,1-9H3. The normalized spacial score (nSPS) is 12.2. The third kappa shape index (κ3) is 5.82. The summed E-state index contributed by atoms with van der Waals surface area (Å²) in [5, 5.41) is 0. The van der Waals surface area contributed by atoms with Crippen LogP contribution in [0.25, 0.3) is 0 Å². The minimum atomic E-state index is -1.64. The van der Waals surface area contributed by atoms with E-state index in [0.717, 1.165) is 0 Å². The molecule has 0 heterocycles. The van der Waals surface area contributed by atoms with Crippen molar-refractivity contribution >= 4 is 16.4 Å². The van der Waals surface area contributed by atoms with Crippen molar-refractivity contribution in [3.63, 3.8) is 0 Å². The van der Waals surface area contributed by atoms with E-state index >= 15 is 0 Å². The summed E-state index contributed by atoms with van der Waals surface area (Å²) in [7, 11) is -3.15. The van der Waals surface area contributed by atoms with Crippen LogP contribution < -0.4 is 0 Å². The summed E-state index contributed by atoms with van der Waals surface area (Å²) >= 11 is 0.